The van der Waals surface area contributed by atoms with Crippen LogP contribution >= 0.6 is 0 Å². The second kappa shape index (κ2) is 8.40. The van der Waals surface area contributed by atoms with Crippen LogP contribution in [0, 0.1) is 0 Å². The summed E-state index contributed by atoms with van der Waals surface area (Å²) >= 11 is 0. The molecule has 1 rings (SSSR count). The predicted molar refractivity (Wildman–Crippen MR) is 84.0 cm³/mol. The van der Waals surface area contributed by atoms with E-state index < -0.39 is 5.60 Å². The van der Waals surface area contributed by atoms with E-state index in [0.717, 1.165) is 25.7 Å². The highest BCUT2D eigenvalue weighted by Gasteiger charge is 2.36. The molecule has 0 aromatic heterocycles. The van der Waals surface area contributed by atoms with Crippen molar-refractivity contribution < 1.29 is 14.3 Å². The maximum Gasteiger partial charge on any atom is 0.329 e. The lowest BCUT2D eigenvalue weighted by Crippen LogP contribution is -2.43. The van der Waals surface area contributed by atoms with Crippen LogP contribution in [0.25, 0.3) is 0 Å². The molecule has 122 valence electrons. The SMILES string of the molecule is CCCCCCCC(=O)N1CCC[C@H]1C(=O)OC(C)(C)C. The van der Waals surface area contributed by atoms with E-state index in [1.807, 2.05) is 20.8 Å². The number of unbranched alkanes of at least 4 members (excludes halogenated alkanes) is 4. The predicted octanol–water partition coefficient (Wildman–Crippen LogP) is 3.68. The number of ether oxygens (including phenoxy) is 1. The molecule has 0 unspecified atom stereocenters. The zero-order valence-electron chi connectivity index (χ0n) is 14.1. The van der Waals surface area contributed by atoms with Crippen molar-refractivity contribution in [3.63, 3.8) is 0 Å². The Hall–Kier alpha value is -1.06. The second-order valence-electron chi connectivity index (χ2n) is 6.94. The number of carbonyl (C=O) groups excluding carboxylic acids is 2. The van der Waals surface area contributed by atoms with Gasteiger partial charge < -0.3 is 9.64 Å². The van der Waals surface area contributed by atoms with E-state index in [0.29, 0.717) is 13.0 Å². The number of esters is 1. The Bertz CT molecular complexity index is 346. The summed E-state index contributed by atoms with van der Waals surface area (Å²) < 4.78 is 5.43. The summed E-state index contributed by atoms with van der Waals surface area (Å²) in [6, 6.07) is -0.368. The minimum Gasteiger partial charge on any atom is -0.458 e. The molecule has 0 aromatic carbocycles. The molecule has 1 saturated heterocycles. The first-order valence-corrected chi connectivity index (χ1v) is 8.37. The average Bonchev–Trinajstić information content (AvgIpc) is 2.85. The van der Waals surface area contributed by atoms with E-state index in [1.54, 1.807) is 4.90 Å². The van der Waals surface area contributed by atoms with E-state index in [1.165, 1.54) is 19.3 Å². The van der Waals surface area contributed by atoms with E-state index in [-0.39, 0.29) is 17.9 Å². The summed E-state index contributed by atoms with van der Waals surface area (Å²) in [7, 11) is 0. The fraction of sp³-hybridized carbons (Fsp3) is 0.882. The zero-order chi connectivity index (χ0) is 15.9. The van der Waals surface area contributed by atoms with Crippen LogP contribution < -0.4 is 0 Å². The molecule has 0 spiro atoms. The molecule has 0 bridgehead atoms. The summed E-state index contributed by atoms with van der Waals surface area (Å²) in [6.07, 6.45) is 7.85. The smallest absolute Gasteiger partial charge is 0.329 e. The van der Waals surface area contributed by atoms with Crippen molar-refractivity contribution in [2.75, 3.05) is 6.54 Å². The van der Waals surface area contributed by atoms with Crippen LogP contribution in [0.3, 0.4) is 0 Å². The van der Waals surface area contributed by atoms with Crippen LogP contribution in [0.15, 0.2) is 0 Å². The van der Waals surface area contributed by atoms with Gasteiger partial charge in [0.1, 0.15) is 11.6 Å². The number of carbonyl (C=O) groups is 2. The molecule has 0 radical (unpaired) electrons. The highest BCUT2D eigenvalue weighted by Crippen LogP contribution is 2.22. The molecule has 0 aromatic rings. The minimum atomic E-state index is -0.492. The van der Waals surface area contributed by atoms with E-state index in [9.17, 15) is 9.59 Å². The molecule has 1 aliphatic heterocycles. The molecule has 1 aliphatic rings. The Labute approximate surface area is 129 Å². The Morgan fingerprint density at radius 2 is 1.81 bits per heavy atom. The lowest BCUT2D eigenvalue weighted by Gasteiger charge is -2.27. The van der Waals surface area contributed by atoms with Gasteiger partial charge in [-0.25, -0.2) is 4.79 Å². The van der Waals surface area contributed by atoms with Crippen LogP contribution in [-0.2, 0) is 14.3 Å². The Balaban J connectivity index is 2.41. The van der Waals surface area contributed by atoms with Crippen LogP contribution in [0.1, 0.15) is 79.1 Å². The van der Waals surface area contributed by atoms with Crippen LogP contribution in [0.5, 0.6) is 0 Å². The number of nitrogens with zero attached hydrogens (tertiary/aromatic N) is 1. The van der Waals surface area contributed by atoms with Crippen molar-refractivity contribution in [2.24, 2.45) is 0 Å². The van der Waals surface area contributed by atoms with Crippen molar-refractivity contribution in [3.05, 3.63) is 0 Å². The molecule has 1 heterocycles. The molecule has 1 amide bonds. The topological polar surface area (TPSA) is 46.6 Å². The van der Waals surface area contributed by atoms with Gasteiger partial charge in [-0.2, -0.15) is 0 Å². The first-order valence-electron chi connectivity index (χ1n) is 8.37. The molecule has 4 nitrogen and oxygen atoms in total. The third kappa shape index (κ3) is 6.49. The Morgan fingerprint density at radius 1 is 1.14 bits per heavy atom. The quantitative estimate of drug-likeness (QED) is 0.532. The van der Waals surface area contributed by atoms with E-state index >= 15 is 0 Å². The molecule has 0 N–H and O–H groups in total. The zero-order valence-corrected chi connectivity index (χ0v) is 14.1. The number of likely N-dealkylation sites (tertiary alicyclic amines) is 1. The summed E-state index contributed by atoms with van der Waals surface area (Å²) in [6.45, 7) is 8.46. The van der Waals surface area contributed by atoms with Gasteiger partial charge in [-0.15, -0.1) is 0 Å². The van der Waals surface area contributed by atoms with Gasteiger partial charge in [-0.05, 0) is 40.0 Å². The normalized spacial score (nSPS) is 18.9. The number of amides is 1. The van der Waals surface area contributed by atoms with Gasteiger partial charge in [-0.1, -0.05) is 32.6 Å². The summed E-state index contributed by atoms with van der Waals surface area (Å²) in [4.78, 5) is 26.2. The van der Waals surface area contributed by atoms with Crippen molar-refractivity contribution in [2.45, 2.75) is 90.7 Å². The summed E-state index contributed by atoms with van der Waals surface area (Å²) in [5, 5.41) is 0. The Kier molecular flexibility index (Phi) is 7.20. The largest absolute Gasteiger partial charge is 0.458 e. The number of hydrogen-bond acceptors (Lipinski definition) is 3. The van der Waals surface area contributed by atoms with Crippen LogP contribution in [0.4, 0.5) is 0 Å². The van der Waals surface area contributed by atoms with Crippen molar-refractivity contribution >= 4 is 11.9 Å². The molecule has 1 fully saturated rings. The van der Waals surface area contributed by atoms with Crippen molar-refractivity contribution in [1.29, 1.82) is 0 Å². The molecule has 21 heavy (non-hydrogen) atoms. The standard InChI is InChI=1S/C17H31NO3/c1-5-6-7-8-9-12-15(19)18-13-10-11-14(18)16(20)21-17(2,3)4/h14H,5-13H2,1-4H3/t14-/m0/s1. The van der Waals surface area contributed by atoms with Gasteiger partial charge in [0.2, 0.25) is 5.91 Å². The third-order valence-corrected chi connectivity index (χ3v) is 3.75. The van der Waals surface area contributed by atoms with Gasteiger partial charge >= 0.3 is 5.97 Å². The van der Waals surface area contributed by atoms with Gasteiger partial charge in [-0.3, -0.25) is 4.79 Å². The van der Waals surface area contributed by atoms with Crippen molar-refractivity contribution in [1.82, 2.24) is 4.90 Å². The fourth-order valence-electron chi connectivity index (χ4n) is 2.70. The molecular weight excluding hydrogens is 266 g/mol. The molecular formula is C17H31NO3. The van der Waals surface area contributed by atoms with E-state index in [4.69, 9.17) is 4.74 Å². The summed E-state index contributed by atoms with van der Waals surface area (Å²) in [5.74, 6) is -0.140. The number of hydrogen-bond donors (Lipinski definition) is 0. The monoisotopic (exact) mass is 297 g/mol. The van der Waals surface area contributed by atoms with Gasteiger partial charge in [0.25, 0.3) is 0 Å². The fourth-order valence-corrected chi connectivity index (χ4v) is 2.70. The van der Waals surface area contributed by atoms with Gasteiger partial charge in [0.05, 0.1) is 0 Å². The lowest BCUT2D eigenvalue weighted by molar-refractivity contribution is -0.163. The molecule has 4 heteroatoms. The Morgan fingerprint density at radius 3 is 2.43 bits per heavy atom. The third-order valence-electron chi connectivity index (χ3n) is 3.75. The van der Waals surface area contributed by atoms with Gasteiger partial charge in [0.15, 0.2) is 0 Å². The maximum atomic E-state index is 12.3. The molecule has 1 atom stereocenters. The van der Waals surface area contributed by atoms with Gasteiger partial charge in [0, 0.05) is 13.0 Å². The van der Waals surface area contributed by atoms with Crippen LogP contribution in [-0.4, -0.2) is 35.0 Å². The molecule has 0 aliphatic carbocycles. The van der Waals surface area contributed by atoms with E-state index in [2.05, 4.69) is 6.92 Å². The second-order valence-corrected chi connectivity index (χ2v) is 6.94. The molecule has 0 saturated carbocycles. The number of rotatable bonds is 7. The van der Waals surface area contributed by atoms with Crippen LogP contribution in [0.2, 0.25) is 0 Å². The minimum absolute atomic E-state index is 0.111. The summed E-state index contributed by atoms with van der Waals surface area (Å²) in [5.41, 5.74) is -0.492. The highest BCUT2D eigenvalue weighted by atomic mass is 16.6. The van der Waals surface area contributed by atoms with Crippen molar-refractivity contribution in [3.8, 4) is 0 Å². The maximum absolute atomic E-state index is 12.3. The first-order chi connectivity index (χ1) is 9.85. The average molecular weight is 297 g/mol. The lowest BCUT2D eigenvalue weighted by atomic mass is 10.1. The highest BCUT2D eigenvalue weighted by molar-refractivity contribution is 5.85. The first kappa shape index (κ1) is 18.0.